The lowest BCUT2D eigenvalue weighted by Gasteiger charge is -2.25. The largest absolute Gasteiger partial charge is 0.328 e. The molecule has 0 heterocycles. The van der Waals surface area contributed by atoms with Gasteiger partial charge in [0.25, 0.3) is 0 Å². The number of hydrogen-bond donors (Lipinski definition) is 2. The number of halogens is 1. The van der Waals surface area contributed by atoms with E-state index in [1.807, 2.05) is 22.9 Å². The predicted molar refractivity (Wildman–Crippen MR) is 56.7 cm³/mol. The summed E-state index contributed by atoms with van der Waals surface area (Å²) in [6.07, 6.45) is 5.14. The lowest BCUT2D eigenvalue weighted by molar-refractivity contribution is -0.119. The van der Waals surface area contributed by atoms with Gasteiger partial charge in [-0.25, -0.2) is 0 Å². The van der Waals surface area contributed by atoms with Crippen LogP contribution in [-0.4, -0.2) is 11.9 Å². The van der Waals surface area contributed by atoms with E-state index in [0.29, 0.717) is 18.4 Å². The van der Waals surface area contributed by atoms with Crippen LogP contribution in [0.2, 0.25) is 0 Å². The van der Waals surface area contributed by atoms with E-state index >= 15 is 0 Å². The zero-order valence-electron chi connectivity index (χ0n) is 7.05. The molecule has 1 saturated carbocycles. The van der Waals surface area contributed by atoms with Gasteiger partial charge in [0.1, 0.15) is 0 Å². The Morgan fingerprint density at radius 3 is 2.92 bits per heavy atom. The normalized spacial score (nSPS) is 29.8. The highest BCUT2D eigenvalue weighted by atomic mass is 127. The van der Waals surface area contributed by atoms with Crippen LogP contribution in [0.1, 0.15) is 32.1 Å². The molecule has 12 heavy (non-hydrogen) atoms. The molecule has 3 N–H and O–H groups in total. The minimum absolute atomic E-state index is 0.134. The Morgan fingerprint density at radius 2 is 2.33 bits per heavy atom. The van der Waals surface area contributed by atoms with Crippen LogP contribution >= 0.6 is 22.9 Å². The van der Waals surface area contributed by atoms with Gasteiger partial charge in [-0.1, -0.05) is 6.42 Å². The van der Waals surface area contributed by atoms with Crippen LogP contribution < -0.4 is 9.26 Å². The van der Waals surface area contributed by atoms with Crippen molar-refractivity contribution in [2.24, 2.45) is 11.7 Å². The quantitative estimate of drug-likeness (QED) is 0.593. The van der Waals surface area contributed by atoms with Gasteiger partial charge in [-0.3, -0.25) is 8.32 Å². The van der Waals surface area contributed by atoms with E-state index in [1.165, 1.54) is 6.42 Å². The fourth-order valence-electron chi connectivity index (χ4n) is 1.82. The molecule has 1 aliphatic carbocycles. The second-order valence-electron chi connectivity index (χ2n) is 3.51. The van der Waals surface area contributed by atoms with Gasteiger partial charge in [0.15, 0.2) is 0 Å². The van der Waals surface area contributed by atoms with Crippen molar-refractivity contribution in [2.45, 2.75) is 38.1 Å². The number of hydrogen-bond acceptors (Lipinski definition) is 2. The van der Waals surface area contributed by atoms with Crippen LogP contribution in [0.4, 0.5) is 0 Å². The summed E-state index contributed by atoms with van der Waals surface area (Å²) in [5, 5.41) is 0. The highest BCUT2D eigenvalue weighted by molar-refractivity contribution is 14.1. The summed E-state index contributed by atoms with van der Waals surface area (Å²) in [7, 11) is 0. The summed E-state index contributed by atoms with van der Waals surface area (Å²) in [4.78, 5) is 11.0. The van der Waals surface area contributed by atoms with E-state index in [-0.39, 0.29) is 5.91 Å². The van der Waals surface area contributed by atoms with Gasteiger partial charge < -0.3 is 5.73 Å². The van der Waals surface area contributed by atoms with Crippen LogP contribution in [0.25, 0.3) is 0 Å². The molecule has 0 spiro atoms. The van der Waals surface area contributed by atoms with Crippen LogP contribution in [0.3, 0.4) is 0 Å². The van der Waals surface area contributed by atoms with Crippen LogP contribution in [-0.2, 0) is 4.79 Å². The van der Waals surface area contributed by atoms with E-state index in [9.17, 15) is 4.79 Å². The van der Waals surface area contributed by atoms with Crippen molar-refractivity contribution >= 4 is 28.8 Å². The third-order valence-corrected chi connectivity index (χ3v) is 3.00. The third kappa shape index (κ3) is 3.26. The molecule has 0 saturated heterocycles. The van der Waals surface area contributed by atoms with Crippen molar-refractivity contribution < 1.29 is 4.79 Å². The maximum Gasteiger partial charge on any atom is 0.228 e. The molecule has 1 aliphatic rings. The van der Waals surface area contributed by atoms with Crippen LogP contribution in [0.15, 0.2) is 0 Å². The standard InChI is InChI=1S/C8H15IN2O/c9-11-8(12)5-6-2-1-3-7(10)4-6/h6-7H,1-5,10H2,(H,11,12). The number of carbonyl (C=O) groups excluding carboxylic acids is 1. The second-order valence-corrected chi connectivity index (χ2v) is 4.05. The minimum Gasteiger partial charge on any atom is -0.328 e. The minimum atomic E-state index is 0.134. The number of carbonyl (C=O) groups is 1. The monoisotopic (exact) mass is 282 g/mol. The Labute approximate surface area is 87.0 Å². The van der Waals surface area contributed by atoms with Crippen LogP contribution in [0, 0.1) is 5.92 Å². The molecule has 70 valence electrons. The van der Waals surface area contributed by atoms with Gasteiger partial charge in [-0.15, -0.1) is 0 Å². The molecule has 0 bridgehead atoms. The van der Waals surface area contributed by atoms with Crippen molar-refractivity contribution in [2.75, 3.05) is 0 Å². The molecule has 0 aromatic heterocycles. The average Bonchev–Trinajstić information content (AvgIpc) is 2.04. The second kappa shape index (κ2) is 5.01. The molecule has 1 amide bonds. The first-order valence-corrected chi connectivity index (χ1v) is 5.45. The number of nitrogens with one attached hydrogen (secondary N) is 1. The molecular formula is C8H15IN2O. The fourth-order valence-corrected chi connectivity index (χ4v) is 2.04. The maximum atomic E-state index is 11.0. The first-order chi connectivity index (χ1) is 5.72. The van der Waals surface area contributed by atoms with E-state index in [1.54, 1.807) is 0 Å². The molecule has 0 radical (unpaired) electrons. The molecule has 3 nitrogen and oxygen atoms in total. The smallest absolute Gasteiger partial charge is 0.228 e. The first kappa shape index (κ1) is 10.2. The molecule has 2 unspecified atom stereocenters. The van der Waals surface area contributed by atoms with Gasteiger partial charge in [0, 0.05) is 12.5 Å². The Balaban J connectivity index is 2.27. The first-order valence-electron chi connectivity index (χ1n) is 4.37. The average molecular weight is 282 g/mol. The van der Waals surface area contributed by atoms with Crippen molar-refractivity contribution in [1.82, 2.24) is 3.53 Å². The van der Waals surface area contributed by atoms with Gasteiger partial charge in [0.05, 0.1) is 22.9 Å². The molecule has 0 aromatic carbocycles. The maximum absolute atomic E-state index is 11.0. The number of amides is 1. The zero-order chi connectivity index (χ0) is 8.97. The third-order valence-electron chi connectivity index (χ3n) is 2.40. The summed E-state index contributed by atoms with van der Waals surface area (Å²) in [5.74, 6) is 0.651. The predicted octanol–water partition coefficient (Wildman–Crippen LogP) is 1.36. The number of rotatable bonds is 2. The molecule has 0 aromatic rings. The molecule has 4 heteroatoms. The molecule has 1 fully saturated rings. The molecule has 1 rings (SSSR count). The van der Waals surface area contributed by atoms with Gasteiger partial charge in [-0.2, -0.15) is 0 Å². The fraction of sp³-hybridized carbons (Fsp3) is 0.875. The van der Waals surface area contributed by atoms with E-state index in [0.717, 1.165) is 19.3 Å². The van der Waals surface area contributed by atoms with E-state index in [4.69, 9.17) is 5.73 Å². The van der Waals surface area contributed by atoms with Crippen molar-refractivity contribution in [3.8, 4) is 0 Å². The zero-order valence-corrected chi connectivity index (χ0v) is 9.21. The lowest BCUT2D eigenvalue weighted by Crippen LogP contribution is -2.30. The van der Waals surface area contributed by atoms with Gasteiger partial charge in [0.2, 0.25) is 5.91 Å². The molecule has 2 atom stereocenters. The summed E-state index contributed by atoms with van der Waals surface area (Å²) in [6, 6.07) is 0.325. The van der Waals surface area contributed by atoms with Crippen LogP contribution in [0.5, 0.6) is 0 Å². The van der Waals surface area contributed by atoms with Crippen molar-refractivity contribution in [1.29, 1.82) is 0 Å². The van der Waals surface area contributed by atoms with Gasteiger partial charge >= 0.3 is 0 Å². The Kier molecular flexibility index (Phi) is 4.28. The van der Waals surface area contributed by atoms with Crippen molar-refractivity contribution in [3.63, 3.8) is 0 Å². The highest BCUT2D eigenvalue weighted by Crippen LogP contribution is 2.25. The molecular weight excluding hydrogens is 267 g/mol. The van der Waals surface area contributed by atoms with Gasteiger partial charge in [-0.05, 0) is 25.2 Å². The lowest BCUT2D eigenvalue weighted by atomic mass is 9.84. The summed E-state index contributed by atoms with van der Waals surface area (Å²) in [6.45, 7) is 0. The van der Waals surface area contributed by atoms with E-state index < -0.39 is 0 Å². The Hall–Kier alpha value is 0.160. The van der Waals surface area contributed by atoms with E-state index in [2.05, 4.69) is 3.53 Å². The topological polar surface area (TPSA) is 55.1 Å². The summed E-state index contributed by atoms with van der Waals surface area (Å²) in [5.41, 5.74) is 5.81. The number of nitrogens with two attached hydrogens (primary N) is 1. The summed E-state index contributed by atoms with van der Waals surface area (Å²) < 4.78 is 2.62. The highest BCUT2D eigenvalue weighted by Gasteiger charge is 2.20. The molecule has 0 aliphatic heterocycles. The SMILES string of the molecule is NC1CCCC(CC(=O)NI)C1. The Morgan fingerprint density at radius 1 is 1.58 bits per heavy atom. The summed E-state index contributed by atoms with van der Waals surface area (Å²) >= 11 is 1.88. The van der Waals surface area contributed by atoms with Crippen molar-refractivity contribution in [3.05, 3.63) is 0 Å². The Bertz CT molecular complexity index is 163.